The molecule has 266 valence electrons. The van der Waals surface area contributed by atoms with Gasteiger partial charge in [0.15, 0.2) is 0 Å². The van der Waals surface area contributed by atoms with Gasteiger partial charge in [0.2, 0.25) is 0 Å². The number of nitrogens with zero attached hydrogens (tertiary/aromatic N) is 2. The first-order valence-electron chi connectivity index (χ1n) is 19.9. The lowest BCUT2D eigenvalue weighted by Gasteiger charge is -2.18. The molecule has 11 aromatic rings. The molecule has 1 aliphatic rings. The maximum Gasteiger partial charge on any atom is 0.0917 e. The molecule has 0 radical (unpaired) electrons. The molecule has 0 amide bonds. The van der Waals surface area contributed by atoms with Gasteiger partial charge in [-0.05, 0) is 136 Å². The summed E-state index contributed by atoms with van der Waals surface area (Å²) >= 11 is 0. The number of aliphatic imine (C=N–C) groups is 1. The van der Waals surface area contributed by atoms with Gasteiger partial charge in [-0.15, -0.1) is 0 Å². The Labute approximate surface area is 330 Å². The van der Waals surface area contributed by atoms with E-state index < -0.39 is 0 Å². The van der Waals surface area contributed by atoms with Crippen LogP contribution in [0.5, 0.6) is 0 Å². The van der Waals surface area contributed by atoms with Gasteiger partial charge in [-0.2, -0.15) is 0 Å². The Morgan fingerprint density at radius 3 is 1.63 bits per heavy atom. The van der Waals surface area contributed by atoms with Crippen LogP contribution in [0.25, 0.3) is 104 Å². The minimum Gasteiger partial charge on any atom is -0.311 e. The van der Waals surface area contributed by atoms with Crippen molar-refractivity contribution in [1.82, 2.24) is 4.57 Å². The molecular weight excluding hydrogens is 689 g/mol. The summed E-state index contributed by atoms with van der Waals surface area (Å²) in [5.74, 6) is 0. The minimum atomic E-state index is 0.966. The Kier molecular flexibility index (Phi) is 7.09. The second kappa shape index (κ2) is 12.6. The molecule has 0 unspecified atom stereocenters. The van der Waals surface area contributed by atoms with Crippen molar-refractivity contribution in [2.24, 2.45) is 4.99 Å². The summed E-state index contributed by atoms with van der Waals surface area (Å²) in [5, 5.41) is 13.9. The molecule has 0 fully saturated rings. The Bertz CT molecular complexity index is 3420. The molecule has 2 nitrogen and oxygen atoms in total. The second-order valence-electron chi connectivity index (χ2n) is 15.4. The molecule has 2 heteroatoms. The summed E-state index contributed by atoms with van der Waals surface area (Å²) in [4.78, 5) is 4.83. The van der Waals surface area contributed by atoms with Gasteiger partial charge < -0.3 is 4.57 Å². The first kappa shape index (κ1) is 32.0. The quantitative estimate of drug-likeness (QED) is 0.127. The third-order valence-electron chi connectivity index (χ3n) is 12.2. The summed E-state index contributed by atoms with van der Waals surface area (Å²) in [5.41, 5.74) is 12.3. The zero-order chi connectivity index (χ0) is 37.5. The maximum atomic E-state index is 4.83. The van der Waals surface area contributed by atoms with Crippen molar-refractivity contribution in [2.75, 3.05) is 0 Å². The first-order valence-corrected chi connectivity index (χ1v) is 19.9. The lowest BCUT2D eigenvalue weighted by atomic mass is 9.85. The normalized spacial score (nSPS) is 12.7. The Morgan fingerprint density at radius 2 is 0.895 bits per heavy atom. The summed E-state index contributed by atoms with van der Waals surface area (Å²) in [6, 6.07) is 69.6. The largest absolute Gasteiger partial charge is 0.311 e. The van der Waals surface area contributed by atoms with Crippen LogP contribution in [0.2, 0.25) is 0 Å². The van der Waals surface area contributed by atoms with Gasteiger partial charge in [-0.25, -0.2) is 0 Å². The highest BCUT2D eigenvalue weighted by Crippen LogP contribution is 2.45. The van der Waals surface area contributed by atoms with Crippen LogP contribution in [0.15, 0.2) is 193 Å². The monoisotopic (exact) mass is 724 g/mol. The number of benzene rings is 10. The predicted molar refractivity (Wildman–Crippen MR) is 244 cm³/mol. The number of hydrogen-bond acceptors (Lipinski definition) is 1. The summed E-state index contributed by atoms with van der Waals surface area (Å²) in [7, 11) is 0. The number of rotatable bonds is 4. The molecule has 1 aliphatic heterocycles. The van der Waals surface area contributed by atoms with Gasteiger partial charge in [0.25, 0.3) is 0 Å². The maximum absolute atomic E-state index is 4.83. The number of para-hydroxylation sites is 1. The van der Waals surface area contributed by atoms with Crippen molar-refractivity contribution >= 4 is 76.7 Å². The van der Waals surface area contributed by atoms with E-state index in [0.717, 1.165) is 18.5 Å². The van der Waals surface area contributed by atoms with Gasteiger partial charge in [0, 0.05) is 23.0 Å². The van der Waals surface area contributed by atoms with E-state index in [9.17, 15) is 0 Å². The van der Waals surface area contributed by atoms with Crippen LogP contribution in [0, 0.1) is 0 Å². The van der Waals surface area contributed by atoms with Gasteiger partial charge in [-0.3, -0.25) is 4.99 Å². The van der Waals surface area contributed by atoms with Crippen LogP contribution in [-0.2, 0) is 6.42 Å². The lowest BCUT2D eigenvalue weighted by molar-refractivity contribution is 0.913. The molecule has 0 saturated carbocycles. The zero-order valence-corrected chi connectivity index (χ0v) is 31.3. The Balaban J connectivity index is 0.973. The molecule has 0 N–H and O–H groups in total. The van der Waals surface area contributed by atoms with E-state index in [4.69, 9.17) is 4.99 Å². The molecular formula is C55H36N2. The number of aromatic nitrogens is 1. The molecule has 0 aliphatic carbocycles. The van der Waals surface area contributed by atoms with Crippen LogP contribution >= 0.6 is 0 Å². The molecule has 0 saturated heterocycles. The van der Waals surface area contributed by atoms with Crippen LogP contribution in [0.3, 0.4) is 0 Å². The molecule has 1 aromatic heterocycles. The highest BCUT2D eigenvalue weighted by atomic mass is 15.0. The fraction of sp³-hybridized carbons (Fsp3) is 0.0364. The van der Waals surface area contributed by atoms with Crippen molar-refractivity contribution in [3.8, 4) is 39.1 Å². The topological polar surface area (TPSA) is 17.3 Å². The van der Waals surface area contributed by atoms with E-state index in [-0.39, 0.29) is 0 Å². The van der Waals surface area contributed by atoms with E-state index in [1.807, 2.05) is 0 Å². The number of hydrogen-bond donors (Lipinski definition) is 0. The molecule has 0 bridgehead atoms. The smallest absolute Gasteiger partial charge is 0.0917 e. The van der Waals surface area contributed by atoms with E-state index in [2.05, 4.69) is 199 Å². The summed E-state index contributed by atoms with van der Waals surface area (Å²) in [6.45, 7) is 0. The van der Waals surface area contributed by atoms with Crippen molar-refractivity contribution < 1.29 is 0 Å². The van der Waals surface area contributed by atoms with Gasteiger partial charge in [-0.1, -0.05) is 152 Å². The molecule has 57 heavy (non-hydrogen) atoms. The van der Waals surface area contributed by atoms with Gasteiger partial charge in [0.1, 0.15) is 0 Å². The van der Waals surface area contributed by atoms with Crippen LogP contribution < -0.4 is 0 Å². The third kappa shape index (κ3) is 5.01. The van der Waals surface area contributed by atoms with Gasteiger partial charge >= 0.3 is 0 Å². The van der Waals surface area contributed by atoms with Crippen molar-refractivity contribution in [2.45, 2.75) is 12.8 Å². The van der Waals surface area contributed by atoms with Crippen LogP contribution in [-0.4, -0.2) is 10.8 Å². The molecule has 2 heterocycles. The highest BCUT2D eigenvalue weighted by molar-refractivity contribution is 6.22. The number of fused-ring (bicyclic) bond motifs is 9. The molecule has 12 rings (SSSR count). The average molecular weight is 725 g/mol. The van der Waals surface area contributed by atoms with E-state index in [1.165, 1.54) is 110 Å². The first-order chi connectivity index (χ1) is 28.3. The Hall–Kier alpha value is -7.29. The zero-order valence-electron chi connectivity index (χ0n) is 31.3. The van der Waals surface area contributed by atoms with Crippen molar-refractivity contribution in [3.63, 3.8) is 0 Å². The van der Waals surface area contributed by atoms with E-state index >= 15 is 0 Å². The van der Waals surface area contributed by atoms with Crippen molar-refractivity contribution in [1.29, 1.82) is 0 Å². The second-order valence-corrected chi connectivity index (χ2v) is 15.4. The fourth-order valence-corrected chi connectivity index (χ4v) is 9.63. The third-order valence-corrected chi connectivity index (χ3v) is 12.2. The minimum absolute atomic E-state index is 0.966. The molecule has 10 aromatic carbocycles. The lowest BCUT2D eigenvalue weighted by Crippen LogP contribution is -2.03. The van der Waals surface area contributed by atoms with Crippen LogP contribution in [0.1, 0.15) is 12.1 Å². The van der Waals surface area contributed by atoms with Crippen LogP contribution in [0.4, 0.5) is 5.69 Å². The predicted octanol–water partition coefficient (Wildman–Crippen LogP) is 15.0. The SMILES string of the molecule is C1=Nc2c(n(-c3cccc(-c4ccc5cc(-c6c7ccccc7c(-c7ccc8c(ccc9ccccc98)c7)c7ccccc67)ccc5c4)c3)c3ccccc23)CC1. The average Bonchev–Trinajstić information content (AvgIpc) is 3.62. The molecule has 0 atom stereocenters. The van der Waals surface area contributed by atoms with Crippen molar-refractivity contribution in [3.05, 3.63) is 194 Å². The van der Waals surface area contributed by atoms with E-state index in [1.54, 1.807) is 0 Å². The standard InChI is InChI=1S/C55H36N2/c1-2-14-44-35(11-1)22-26-40-33-42(28-29-45(40)44)54-48-17-5-3-15-46(48)53(47-16-4-6-18-49(47)54)41-27-25-38-31-37(23-24-39(38)32-41)36-12-9-13-43(34-36)57-51-20-8-7-19-50(51)55-52(57)21-10-30-56-55/h1-9,11-20,22-34H,10,21H2. The Morgan fingerprint density at radius 1 is 0.368 bits per heavy atom. The summed E-state index contributed by atoms with van der Waals surface area (Å²) in [6.07, 6.45) is 4.02. The molecule has 0 spiro atoms. The van der Waals surface area contributed by atoms with Gasteiger partial charge in [0.05, 0.1) is 11.2 Å². The fourth-order valence-electron chi connectivity index (χ4n) is 9.63. The summed E-state index contributed by atoms with van der Waals surface area (Å²) < 4.78 is 2.42. The highest BCUT2D eigenvalue weighted by Gasteiger charge is 2.20. The van der Waals surface area contributed by atoms with E-state index in [0.29, 0.717) is 0 Å².